The largest absolute Gasteiger partial charge is 0.462 e. The van der Waals surface area contributed by atoms with Gasteiger partial charge >= 0.3 is 5.97 Å². The SMILES string of the molecule is CCOC(=O)c1cc2ccccc2nc1NCC1CCOCC1. The average molecular weight is 314 g/mol. The molecule has 1 fully saturated rings. The number of rotatable bonds is 5. The molecule has 0 radical (unpaired) electrons. The second-order valence-corrected chi connectivity index (χ2v) is 5.73. The fourth-order valence-electron chi connectivity index (χ4n) is 2.81. The van der Waals surface area contributed by atoms with Crippen molar-refractivity contribution >= 4 is 22.7 Å². The number of hydrogen-bond acceptors (Lipinski definition) is 5. The van der Waals surface area contributed by atoms with E-state index < -0.39 is 0 Å². The first-order chi connectivity index (χ1) is 11.3. The molecule has 1 aliphatic heterocycles. The van der Waals surface area contributed by atoms with E-state index in [0.717, 1.165) is 43.5 Å². The molecule has 1 N–H and O–H groups in total. The van der Waals surface area contributed by atoms with Gasteiger partial charge in [-0.15, -0.1) is 0 Å². The zero-order valence-electron chi connectivity index (χ0n) is 13.4. The van der Waals surface area contributed by atoms with Crippen LogP contribution < -0.4 is 5.32 Å². The molecule has 0 spiro atoms. The highest BCUT2D eigenvalue weighted by Crippen LogP contribution is 2.23. The smallest absolute Gasteiger partial charge is 0.341 e. The number of aromatic nitrogens is 1. The standard InChI is InChI=1S/C18H22N2O3/c1-2-23-18(21)15-11-14-5-3-4-6-16(14)20-17(15)19-12-13-7-9-22-10-8-13/h3-6,11,13H,2,7-10,12H2,1H3,(H,19,20). The second-order valence-electron chi connectivity index (χ2n) is 5.73. The molecule has 1 aromatic carbocycles. The average Bonchev–Trinajstić information content (AvgIpc) is 2.60. The van der Waals surface area contributed by atoms with Gasteiger partial charge in [0, 0.05) is 25.1 Å². The Labute approximate surface area is 136 Å². The monoisotopic (exact) mass is 314 g/mol. The van der Waals surface area contributed by atoms with Crippen LogP contribution in [0.25, 0.3) is 10.9 Å². The van der Waals surface area contributed by atoms with Crippen molar-refractivity contribution in [3.8, 4) is 0 Å². The molecule has 0 aliphatic carbocycles. The number of esters is 1. The van der Waals surface area contributed by atoms with Gasteiger partial charge in [0.25, 0.3) is 0 Å². The van der Waals surface area contributed by atoms with E-state index in [2.05, 4.69) is 10.3 Å². The highest BCUT2D eigenvalue weighted by atomic mass is 16.5. The number of carbonyl (C=O) groups is 1. The van der Waals surface area contributed by atoms with Crippen LogP contribution in [0.3, 0.4) is 0 Å². The number of nitrogens with zero attached hydrogens (tertiary/aromatic N) is 1. The van der Waals surface area contributed by atoms with Gasteiger partial charge in [0.15, 0.2) is 0 Å². The Morgan fingerprint density at radius 1 is 1.35 bits per heavy atom. The molecule has 5 heteroatoms. The van der Waals surface area contributed by atoms with Crippen LogP contribution >= 0.6 is 0 Å². The molecule has 0 amide bonds. The Morgan fingerprint density at radius 3 is 2.91 bits per heavy atom. The summed E-state index contributed by atoms with van der Waals surface area (Å²) in [7, 11) is 0. The van der Waals surface area contributed by atoms with Crippen LogP contribution in [-0.4, -0.2) is 37.3 Å². The predicted octanol–water partition coefficient (Wildman–Crippen LogP) is 3.25. The number of pyridine rings is 1. The summed E-state index contributed by atoms with van der Waals surface area (Å²) in [5.41, 5.74) is 1.37. The molecule has 23 heavy (non-hydrogen) atoms. The Morgan fingerprint density at radius 2 is 2.13 bits per heavy atom. The lowest BCUT2D eigenvalue weighted by molar-refractivity contribution is 0.0526. The Kier molecular flexibility index (Phi) is 5.08. The Bertz CT molecular complexity index is 681. The number of para-hydroxylation sites is 1. The van der Waals surface area contributed by atoms with Crippen LogP contribution in [0.5, 0.6) is 0 Å². The highest BCUT2D eigenvalue weighted by Gasteiger charge is 2.18. The van der Waals surface area contributed by atoms with Crippen LogP contribution in [-0.2, 0) is 9.47 Å². The van der Waals surface area contributed by atoms with Crippen molar-refractivity contribution in [1.29, 1.82) is 0 Å². The molecule has 0 unspecified atom stereocenters. The predicted molar refractivity (Wildman–Crippen MR) is 89.7 cm³/mol. The zero-order chi connectivity index (χ0) is 16.1. The van der Waals surface area contributed by atoms with Gasteiger partial charge in [0.1, 0.15) is 11.4 Å². The van der Waals surface area contributed by atoms with Crippen molar-refractivity contribution in [1.82, 2.24) is 4.98 Å². The Hall–Kier alpha value is -2.14. The van der Waals surface area contributed by atoms with Crippen molar-refractivity contribution in [3.63, 3.8) is 0 Å². The number of carbonyl (C=O) groups excluding carboxylic acids is 1. The highest BCUT2D eigenvalue weighted by molar-refractivity contribution is 5.99. The molecule has 3 rings (SSSR count). The van der Waals surface area contributed by atoms with E-state index in [9.17, 15) is 4.79 Å². The quantitative estimate of drug-likeness (QED) is 0.858. The minimum Gasteiger partial charge on any atom is -0.462 e. The fraction of sp³-hybridized carbons (Fsp3) is 0.444. The summed E-state index contributed by atoms with van der Waals surface area (Å²) in [5, 5.41) is 4.28. The van der Waals surface area contributed by atoms with Crippen molar-refractivity contribution < 1.29 is 14.3 Å². The van der Waals surface area contributed by atoms with Gasteiger partial charge in [-0.1, -0.05) is 18.2 Å². The third-order valence-corrected chi connectivity index (χ3v) is 4.12. The number of benzene rings is 1. The third-order valence-electron chi connectivity index (χ3n) is 4.12. The first kappa shape index (κ1) is 15.7. The van der Waals surface area contributed by atoms with E-state index in [4.69, 9.17) is 9.47 Å². The van der Waals surface area contributed by atoms with E-state index in [-0.39, 0.29) is 5.97 Å². The summed E-state index contributed by atoms with van der Waals surface area (Å²) < 4.78 is 10.6. The van der Waals surface area contributed by atoms with E-state index in [0.29, 0.717) is 23.9 Å². The van der Waals surface area contributed by atoms with E-state index >= 15 is 0 Å². The Balaban J connectivity index is 1.85. The maximum Gasteiger partial charge on any atom is 0.341 e. The van der Waals surface area contributed by atoms with Crippen LogP contribution in [0.2, 0.25) is 0 Å². The van der Waals surface area contributed by atoms with Gasteiger partial charge in [0.05, 0.1) is 12.1 Å². The maximum atomic E-state index is 12.2. The fourth-order valence-corrected chi connectivity index (χ4v) is 2.81. The minimum absolute atomic E-state index is 0.333. The van der Waals surface area contributed by atoms with Crippen LogP contribution in [0.15, 0.2) is 30.3 Å². The van der Waals surface area contributed by atoms with Gasteiger partial charge in [-0.05, 0) is 37.8 Å². The van der Waals surface area contributed by atoms with Crippen molar-refractivity contribution in [2.24, 2.45) is 5.92 Å². The molecule has 0 saturated carbocycles. The summed E-state index contributed by atoms with van der Waals surface area (Å²) in [5.74, 6) is 0.820. The molecule has 1 aliphatic rings. The molecule has 0 bridgehead atoms. The summed E-state index contributed by atoms with van der Waals surface area (Å²) >= 11 is 0. The summed E-state index contributed by atoms with van der Waals surface area (Å²) in [6, 6.07) is 9.64. The normalized spacial score (nSPS) is 15.5. The molecule has 5 nitrogen and oxygen atoms in total. The van der Waals surface area contributed by atoms with Crippen LogP contribution in [0.1, 0.15) is 30.1 Å². The van der Waals surface area contributed by atoms with Gasteiger partial charge in [-0.2, -0.15) is 0 Å². The maximum absolute atomic E-state index is 12.2. The van der Waals surface area contributed by atoms with Gasteiger partial charge in [-0.25, -0.2) is 9.78 Å². The molecule has 2 aromatic rings. The van der Waals surface area contributed by atoms with E-state index in [1.165, 1.54) is 0 Å². The van der Waals surface area contributed by atoms with Crippen LogP contribution in [0.4, 0.5) is 5.82 Å². The number of hydrogen-bond donors (Lipinski definition) is 1. The lowest BCUT2D eigenvalue weighted by Gasteiger charge is -2.23. The van der Waals surface area contributed by atoms with Gasteiger partial charge in [0.2, 0.25) is 0 Å². The first-order valence-electron chi connectivity index (χ1n) is 8.16. The molecule has 1 aromatic heterocycles. The van der Waals surface area contributed by atoms with Crippen molar-refractivity contribution in [2.45, 2.75) is 19.8 Å². The molecule has 0 atom stereocenters. The topological polar surface area (TPSA) is 60.5 Å². The second kappa shape index (κ2) is 7.42. The van der Waals surface area contributed by atoms with E-state index in [1.54, 1.807) is 0 Å². The minimum atomic E-state index is -0.333. The summed E-state index contributed by atoms with van der Waals surface area (Å²) in [6.45, 7) is 4.57. The molecule has 122 valence electrons. The lowest BCUT2D eigenvalue weighted by Crippen LogP contribution is -2.24. The van der Waals surface area contributed by atoms with Crippen molar-refractivity contribution in [2.75, 3.05) is 31.7 Å². The molecule has 1 saturated heterocycles. The first-order valence-corrected chi connectivity index (χ1v) is 8.16. The van der Waals surface area contributed by atoms with Crippen molar-refractivity contribution in [3.05, 3.63) is 35.9 Å². The summed E-state index contributed by atoms with van der Waals surface area (Å²) in [4.78, 5) is 16.9. The van der Waals surface area contributed by atoms with Gasteiger partial charge < -0.3 is 14.8 Å². The molecule has 2 heterocycles. The lowest BCUT2D eigenvalue weighted by atomic mass is 10.0. The van der Waals surface area contributed by atoms with Crippen LogP contribution in [0, 0.1) is 5.92 Å². The van der Waals surface area contributed by atoms with Gasteiger partial charge in [-0.3, -0.25) is 0 Å². The third kappa shape index (κ3) is 3.79. The number of anilines is 1. The van der Waals surface area contributed by atoms with E-state index in [1.807, 2.05) is 37.3 Å². The zero-order valence-corrected chi connectivity index (χ0v) is 13.4. The number of fused-ring (bicyclic) bond motifs is 1. The molecular weight excluding hydrogens is 292 g/mol. The molecular formula is C18H22N2O3. The summed E-state index contributed by atoms with van der Waals surface area (Å²) in [6.07, 6.45) is 2.07. The number of nitrogens with one attached hydrogen (secondary N) is 1. The number of ether oxygens (including phenoxy) is 2.